The van der Waals surface area contributed by atoms with Crippen LogP contribution in [-0.4, -0.2) is 50.1 Å². The molecule has 0 radical (unpaired) electrons. The van der Waals surface area contributed by atoms with Crippen LogP contribution in [0.4, 0.5) is 0 Å². The second-order valence-electron chi connectivity index (χ2n) is 6.36. The molecule has 6 nitrogen and oxygen atoms in total. The number of methoxy groups -OCH3 is 2. The first-order valence-electron chi connectivity index (χ1n) is 8.41. The molecule has 1 heterocycles. The number of rotatable bonds is 5. The number of allylic oxidation sites excluding steroid dienone is 1. The van der Waals surface area contributed by atoms with Crippen molar-refractivity contribution in [1.29, 1.82) is 0 Å². The third-order valence-electron chi connectivity index (χ3n) is 4.20. The van der Waals surface area contributed by atoms with E-state index < -0.39 is 0 Å². The first kappa shape index (κ1) is 18.8. The number of nitrogens with one attached hydrogen (secondary N) is 1. The standard InChI is InChI=1S/C19H26N2O4/c1-13(2)11-18(22)21-9-7-15(8-10-21)20-19(23)14-5-6-16(24-3)17(12-14)25-4/h5-6,11-12,15H,7-10H2,1-4H3,(H,20,23). The van der Waals surface area contributed by atoms with Gasteiger partial charge in [0.05, 0.1) is 14.2 Å². The Balaban J connectivity index is 1.92. The van der Waals surface area contributed by atoms with Gasteiger partial charge in [-0.15, -0.1) is 0 Å². The number of hydrogen-bond acceptors (Lipinski definition) is 4. The second kappa shape index (κ2) is 8.55. The Bertz CT molecular complexity index is 657. The maximum atomic E-state index is 12.4. The number of piperidine rings is 1. The lowest BCUT2D eigenvalue weighted by molar-refractivity contribution is -0.127. The quantitative estimate of drug-likeness (QED) is 0.831. The molecule has 1 fully saturated rings. The topological polar surface area (TPSA) is 67.9 Å². The number of carbonyl (C=O) groups is 2. The van der Waals surface area contributed by atoms with Gasteiger partial charge in [0.15, 0.2) is 11.5 Å². The lowest BCUT2D eigenvalue weighted by Crippen LogP contribution is -2.46. The van der Waals surface area contributed by atoms with Crippen molar-refractivity contribution in [3.05, 3.63) is 35.4 Å². The van der Waals surface area contributed by atoms with Gasteiger partial charge >= 0.3 is 0 Å². The van der Waals surface area contributed by atoms with Gasteiger partial charge in [-0.2, -0.15) is 0 Å². The van der Waals surface area contributed by atoms with Crippen molar-refractivity contribution in [2.75, 3.05) is 27.3 Å². The first-order chi connectivity index (χ1) is 11.9. The van der Waals surface area contributed by atoms with Crippen LogP contribution < -0.4 is 14.8 Å². The van der Waals surface area contributed by atoms with E-state index in [0.29, 0.717) is 30.2 Å². The third kappa shape index (κ3) is 4.98. The molecule has 136 valence electrons. The Labute approximate surface area is 148 Å². The van der Waals surface area contributed by atoms with Crippen LogP contribution >= 0.6 is 0 Å². The third-order valence-corrected chi connectivity index (χ3v) is 4.20. The van der Waals surface area contributed by atoms with Gasteiger partial charge in [-0.05, 0) is 44.9 Å². The van der Waals surface area contributed by atoms with Gasteiger partial charge in [-0.25, -0.2) is 0 Å². The first-order valence-corrected chi connectivity index (χ1v) is 8.41. The minimum absolute atomic E-state index is 0.0460. The normalized spacial score (nSPS) is 14.6. The number of carbonyl (C=O) groups excluding carboxylic acids is 2. The van der Waals surface area contributed by atoms with Crippen LogP contribution in [0, 0.1) is 0 Å². The van der Waals surface area contributed by atoms with Crippen molar-refractivity contribution < 1.29 is 19.1 Å². The summed E-state index contributed by atoms with van der Waals surface area (Å²) in [5, 5.41) is 3.04. The van der Waals surface area contributed by atoms with Crippen LogP contribution in [0.15, 0.2) is 29.8 Å². The summed E-state index contributed by atoms with van der Waals surface area (Å²) in [5.74, 6) is 1.02. The fourth-order valence-corrected chi connectivity index (χ4v) is 2.83. The molecule has 0 aliphatic carbocycles. The number of likely N-dealkylation sites (tertiary alicyclic amines) is 1. The molecular weight excluding hydrogens is 320 g/mol. The molecule has 1 aliphatic rings. The maximum Gasteiger partial charge on any atom is 0.251 e. The van der Waals surface area contributed by atoms with Crippen LogP contribution in [0.2, 0.25) is 0 Å². The van der Waals surface area contributed by atoms with Crippen LogP contribution in [0.3, 0.4) is 0 Å². The van der Waals surface area contributed by atoms with E-state index in [4.69, 9.17) is 9.47 Å². The fraction of sp³-hybridized carbons (Fsp3) is 0.474. The highest BCUT2D eigenvalue weighted by atomic mass is 16.5. The fourth-order valence-electron chi connectivity index (χ4n) is 2.83. The lowest BCUT2D eigenvalue weighted by Gasteiger charge is -2.32. The molecule has 25 heavy (non-hydrogen) atoms. The molecule has 6 heteroatoms. The molecular formula is C19H26N2O4. The van der Waals surface area contributed by atoms with E-state index in [2.05, 4.69) is 5.32 Å². The lowest BCUT2D eigenvalue weighted by atomic mass is 10.0. The average molecular weight is 346 g/mol. The molecule has 1 aliphatic heterocycles. The number of nitrogens with zero attached hydrogens (tertiary/aromatic N) is 1. The zero-order valence-corrected chi connectivity index (χ0v) is 15.3. The highest BCUT2D eigenvalue weighted by Crippen LogP contribution is 2.27. The van der Waals surface area contributed by atoms with Crippen molar-refractivity contribution >= 4 is 11.8 Å². The van der Waals surface area contributed by atoms with E-state index in [1.807, 2.05) is 18.7 Å². The summed E-state index contributed by atoms with van der Waals surface area (Å²) in [6.45, 7) is 5.13. The van der Waals surface area contributed by atoms with E-state index >= 15 is 0 Å². The van der Waals surface area contributed by atoms with Gasteiger partial charge in [-0.3, -0.25) is 9.59 Å². The SMILES string of the molecule is COc1ccc(C(=O)NC2CCN(C(=O)C=C(C)C)CC2)cc1OC. The molecule has 1 saturated heterocycles. The van der Waals surface area contributed by atoms with E-state index in [1.54, 1.807) is 38.5 Å². The summed E-state index contributed by atoms with van der Waals surface area (Å²) in [7, 11) is 3.10. The van der Waals surface area contributed by atoms with Crippen molar-refractivity contribution in [2.45, 2.75) is 32.7 Å². The molecule has 2 amide bonds. The molecule has 0 bridgehead atoms. The molecule has 1 aromatic rings. The molecule has 0 unspecified atom stereocenters. The Morgan fingerprint density at radius 2 is 1.76 bits per heavy atom. The number of benzene rings is 1. The van der Waals surface area contributed by atoms with Gasteiger partial charge in [0, 0.05) is 30.8 Å². The summed E-state index contributed by atoms with van der Waals surface area (Å²) >= 11 is 0. The van der Waals surface area contributed by atoms with E-state index in [1.165, 1.54) is 0 Å². The number of ether oxygens (including phenoxy) is 2. The minimum atomic E-state index is -0.143. The summed E-state index contributed by atoms with van der Waals surface area (Å²) in [6.07, 6.45) is 3.16. The van der Waals surface area contributed by atoms with Crippen molar-refractivity contribution in [3.8, 4) is 11.5 Å². The Hall–Kier alpha value is -2.50. The summed E-state index contributed by atoms with van der Waals surface area (Å²) in [6, 6.07) is 5.16. The minimum Gasteiger partial charge on any atom is -0.493 e. The van der Waals surface area contributed by atoms with Gasteiger partial charge in [0.1, 0.15) is 0 Å². The number of hydrogen-bond donors (Lipinski definition) is 1. The van der Waals surface area contributed by atoms with E-state index in [-0.39, 0.29) is 17.9 Å². The summed E-state index contributed by atoms with van der Waals surface area (Å²) < 4.78 is 10.4. The Kier molecular flexibility index (Phi) is 6.44. The Morgan fingerprint density at radius 1 is 1.12 bits per heavy atom. The molecule has 0 atom stereocenters. The summed E-state index contributed by atoms with van der Waals surface area (Å²) in [4.78, 5) is 26.3. The Morgan fingerprint density at radius 3 is 2.32 bits per heavy atom. The van der Waals surface area contributed by atoms with Crippen LogP contribution in [0.1, 0.15) is 37.0 Å². The van der Waals surface area contributed by atoms with Crippen molar-refractivity contribution in [3.63, 3.8) is 0 Å². The zero-order valence-electron chi connectivity index (χ0n) is 15.3. The largest absolute Gasteiger partial charge is 0.493 e. The highest BCUT2D eigenvalue weighted by molar-refractivity contribution is 5.95. The molecule has 1 N–H and O–H groups in total. The van der Waals surface area contributed by atoms with Gasteiger partial charge in [0.25, 0.3) is 5.91 Å². The zero-order chi connectivity index (χ0) is 18.4. The molecule has 0 saturated carbocycles. The van der Waals surface area contributed by atoms with Crippen molar-refractivity contribution in [2.24, 2.45) is 0 Å². The average Bonchev–Trinajstić information content (AvgIpc) is 2.61. The predicted molar refractivity (Wildman–Crippen MR) is 96.0 cm³/mol. The molecule has 0 aromatic heterocycles. The molecule has 1 aromatic carbocycles. The van der Waals surface area contributed by atoms with Gasteiger partial charge in [0.2, 0.25) is 5.91 Å². The molecule has 2 rings (SSSR count). The van der Waals surface area contributed by atoms with Crippen LogP contribution in [-0.2, 0) is 4.79 Å². The van der Waals surface area contributed by atoms with Gasteiger partial charge in [-0.1, -0.05) is 5.57 Å². The van der Waals surface area contributed by atoms with E-state index in [9.17, 15) is 9.59 Å². The number of amides is 2. The molecule has 0 spiro atoms. The highest BCUT2D eigenvalue weighted by Gasteiger charge is 2.23. The van der Waals surface area contributed by atoms with Crippen LogP contribution in [0.25, 0.3) is 0 Å². The summed E-state index contributed by atoms with van der Waals surface area (Å²) in [5.41, 5.74) is 1.52. The predicted octanol–water partition coefficient (Wildman–Crippen LogP) is 2.39. The second-order valence-corrected chi connectivity index (χ2v) is 6.36. The van der Waals surface area contributed by atoms with Crippen molar-refractivity contribution in [1.82, 2.24) is 10.2 Å². The monoisotopic (exact) mass is 346 g/mol. The van der Waals surface area contributed by atoms with Crippen LogP contribution in [0.5, 0.6) is 11.5 Å². The van der Waals surface area contributed by atoms with Gasteiger partial charge < -0.3 is 19.7 Å². The smallest absolute Gasteiger partial charge is 0.251 e. The van der Waals surface area contributed by atoms with E-state index in [0.717, 1.165) is 18.4 Å². The maximum absolute atomic E-state index is 12.4.